The number of carbonyl (C=O) groups excluding carboxylic acids is 1. The summed E-state index contributed by atoms with van der Waals surface area (Å²) in [5.74, 6) is 0.121. The van der Waals surface area contributed by atoms with Gasteiger partial charge in [-0.2, -0.15) is 9.61 Å². The number of aryl methyl sites for hydroxylation is 2. The Hall–Kier alpha value is -3.89. The highest BCUT2D eigenvalue weighted by Gasteiger charge is 2.37. The minimum Gasteiger partial charge on any atom is -0.464 e. The number of piperidine rings is 1. The van der Waals surface area contributed by atoms with Crippen LogP contribution < -0.4 is 4.90 Å². The number of aromatic nitrogens is 4. The average molecular weight is 688 g/mol. The molecule has 1 aromatic carbocycles. The molecule has 1 aliphatic heterocycles. The maximum atomic E-state index is 14.2. The summed E-state index contributed by atoms with van der Waals surface area (Å²) in [6.07, 6.45) is 11.1. The van der Waals surface area contributed by atoms with Crippen LogP contribution in [0.15, 0.2) is 55.8 Å². The molecule has 1 aliphatic rings. The zero-order chi connectivity index (χ0) is 35.3. The molecule has 1 unspecified atom stereocenters. The van der Waals surface area contributed by atoms with Gasteiger partial charge in [-0.25, -0.2) is 19.2 Å². The van der Waals surface area contributed by atoms with Gasteiger partial charge in [0.2, 0.25) is 0 Å². The minimum absolute atomic E-state index is 0.0306. The summed E-state index contributed by atoms with van der Waals surface area (Å²) in [5.41, 5.74) is 4.26. The highest BCUT2D eigenvalue weighted by atomic mass is 32.1. The lowest BCUT2D eigenvalue weighted by molar-refractivity contribution is -0.166. The number of nitrogens with zero attached hydrogens (tertiary/aromatic N) is 5. The fraction of sp³-hybridized carbons (Fsp3) is 0.487. The van der Waals surface area contributed by atoms with Crippen molar-refractivity contribution in [3.8, 4) is 10.7 Å². The van der Waals surface area contributed by atoms with E-state index >= 15 is 0 Å². The summed E-state index contributed by atoms with van der Waals surface area (Å²) in [6.45, 7) is 21.4. The molecule has 1 atom stereocenters. The van der Waals surface area contributed by atoms with Gasteiger partial charge < -0.3 is 14.4 Å². The molecule has 0 amide bonds. The lowest BCUT2D eigenvalue weighted by atomic mass is 9.80. The van der Waals surface area contributed by atoms with E-state index in [1.165, 1.54) is 6.07 Å². The van der Waals surface area contributed by atoms with Crippen molar-refractivity contribution in [2.45, 2.75) is 98.2 Å². The van der Waals surface area contributed by atoms with Gasteiger partial charge in [-0.1, -0.05) is 25.1 Å². The fourth-order valence-electron chi connectivity index (χ4n) is 6.36. The smallest absolute Gasteiger partial charge is 0.340 e. The number of ether oxygens (including phenoxy) is 2. The highest BCUT2D eigenvalue weighted by Crippen LogP contribution is 2.40. The zero-order valence-electron chi connectivity index (χ0n) is 29.9. The van der Waals surface area contributed by atoms with E-state index in [0.717, 1.165) is 78.4 Å². The number of carbonyl (C=O) groups is 1. The van der Waals surface area contributed by atoms with Crippen LogP contribution >= 0.6 is 11.3 Å². The van der Waals surface area contributed by atoms with Crippen LogP contribution in [0.25, 0.3) is 16.3 Å². The van der Waals surface area contributed by atoms with E-state index in [9.17, 15) is 9.18 Å². The van der Waals surface area contributed by atoms with Crippen LogP contribution in [-0.2, 0) is 27.1 Å². The highest BCUT2D eigenvalue weighted by molar-refractivity contribution is 7.15. The van der Waals surface area contributed by atoms with Crippen LogP contribution in [0.5, 0.6) is 0 Å². The first kappa shape index (κ1) is 36.4. The van der Waals surface area contributed by atoms with Crippen molar-refractivity contribution < 1.29 is 18.7 Å². The third-order valence-corrected chi connectivity index (χ3v) is 10.2. The van der Waals surface area contributed by atoms with Gasteiger partial charge in [0.1, 0.15) is 22.3 Å². The first-order valence-electron chi connectivity index (χ1n) is 17.3. The molecule has 0 bridgehead atoms. The van der Waals surface area contributed by atoms with Gasteiger partial charge in [-0.3, -0.25) is 0 Å². The van der Waals surface area contributed by atoms with Crippen molar-refractivity contribution in [1.82, 2.24) is 19.6 Å². The number of benzene rings is 1. The van der Waals surface area contributed by atoms with Gasteiger partial charge in [0.25, 0.3) is 0 Å². The molecule has 262 valence electrons. The number of allylic oxidation sites excluding steroid dienone is 2. The molecule has 1 fully saturated rings. The standard InChI is InChI=1S/C39H50FN5O3S/c1-9-12-13-14-15-27-22-29(40)17-16-28(27)23-30-25-41-35(49-30)31-24-32-42-26(4)33(34(37(46)47-11-3)48-38(5,6)7)36(45(32)43-31)44-20-18-39(8,10-2)19-21-44/h9-10,16-17,22,24-25,34H,1-2,11-15,18-21,23H2,3-8H3. The second-order valence-corrected chi connectivity index (χ2v) is 15.3. The molecule has 4 aromatic rings. The Bertz CT molecular complexity index is 1800. The third-order valence-electron chi connectivity index (χ3n) is 9.15. The van der Waals surface area contributed by atoms with E-state index in [1.54, 1.807) is 24.3 Å². The Kier molecular flexibility index (Phi) is 11.4. The molecular weight excluding hydrogens is 638 g/mol. The Morgan fingerprint density at radius 3 is 2.59 bits per heavy atom. The van der Waals surface area contributed by atoms with Gasteiger partial charge in [0.15, 0.2) is 11.8 Å². The van der Waals surface area contributed by atoms with Crippen LogP contribution in [0.3, 0.4) is 0 Å². The number of rotatable bonds is 14. The predicted octanol–water partition coefficient (Wildman–Crippen LogP) is 9.00. The van der Waals surface area contributed by atoms with Crippen molar-refractivity contribution in [2.24, 2.45) is 5.41 Å². The quantitative estimate of drug-likeness (QED) is 0.0744. The SMILES string of the molecule is C=CCCCCc1cc(F)ccc1Cc1cnc(-c2cc3nc(C)c(C(OC(C)(C)C)C(=O)OCC)c(N4CCC(C)(C=C)CC4)n3n2)s1. The van der Waals surface area contributed by atoms with Gasteiger partial charge in [0.05, 0.1) is 17.8 Å². The molecule has 0 spiro atoms. The lowest BCUT2D eigenvalue weighted by Crippen LogP contribution is -2.40. The van der Waals surface area contributed by atoms with Crippen molar-refractivity contribution >= 4 is 28.8 Å². The van der Waals surface area contributed by atoms with Crippen LogP contribution in [0.2, 0.25) is 0 Å². The largest absolute Gasteiger partial charge is 0.464 e. The van der Waals surface area contributed by atoms with E-state index < -0.39 is 17.7 Å². The van der Waals surface area contributed by atoms with Crippen LogP contribution in [0.4, 0.5) is 10.2 Å². The van der Waals surface area contributed by atoms with Crippen LogP contribution in [-0.4, -0.2) is 50.8 Å². The number of hydrogen-bond donors (Lipinski definition) is 0. The summed E-state index contributed by atoms with van der Waals surface area (Å²) in [4.78, 5) is 26.6. The number of halogens is 1. The topological polar surface area (TPSA) is 81.8 Å². The molecule has 10 heteroatoms. The number of hydrogen-bond acceptors (Lipinski definition) is 8. The first-order valence-corrected chi connectivity index (χ1v) is 18.1. The molecule has 4 heterocycles. The summed E-state index contributed by atoms with van der Waals surface area (Å²) in [6, 6.07) is 7.03. The molecule has 0 radical (unpaired) electrons. The van der Waals surface area contributed by atoms with E-state index in [-0.39, 0.29) is 17.8 Å². The normalized spacial score (nSPS) is 15.4. The van der Waals surface area contributed by atoms with Gasteiger partial charge in [-0.05, 0) is 102 Å². The lowest BCUT2D eigenvalue weighted by Gasteiger charge is -2.40. The maximum absolute atomic E-state index is 14.2. The molecule has 3 aromatic heterocycles. The van der Waals surface area contributed by atoms with Gasteiger partial charge in [0, 0.05) is 42.3 Å². The summed E-state index contributed by atoms with van der Waals surface area (Å²) in [7, 11) is 0. The monoisotopic (exact) mass is 687 g/mol. The second kappa shape index (κ2) is 15.3. The number of unbranched alkanes of at least 4 members (excludes halogenated alkanes) is 2. The van der Waals surface area contributed by atoms with Crippen LogP contribution in [0.1, 0.15) is 100 Å². The Balaban J connectivity index is 1.54. The number of fused-ring (bicyclic) bond motifs is 1. The summed E-state index contributed by atoms with van der Waals surface area (Å²) >= 11 is 1.57. The molecule has 5 rings (SSSR count). The second-order valence-electron chi connectivity index (χ2n) is 14.2. The number of esters is 1. The van der Waals surface area contributed by atoms with Crippen molar-refractivity contribution in [1.29, 1.82) is 0 Å². The number of anilines is 1. The molecular formula is C39H50FN5O3S. The Morgan fingerprint density at radius 1 is 1.16 bits per heavy atom. The average Bonchev–Trinajstić information content (AvgIpc) is 3.70. The van der Waals surface area contributed by atoms with Crippen molar-refractivity contribution in [3.05, 3.63) is 88.9 Å². The predicted molar refractivity (Wildman–Crippen MR) is 196 cm³/mol. The fourth-order valence-corrected chi connectivity index (χ4v) is 7.25. The van der Waals surface area contributed by atoms with E-state index in [4.69, 9.17) is 24.5 Å². The van der Waals surface area contributed by atoms with Crippen LogP contribution in [0, 0.1) is 18.2 Å². The van der Waals surface area contributed by atoms with Gasteiger partial charge in [-0.15, -0.1) is 24.5 Å². The summed E-state index contributed by atoms with van der Waals surface area (Å²) < 4.78 is 28.0. The van der Waals surface area contributed by atoms with E-state index in [1.807, 2.05) is 62.7 Å². The molecule has 8 nitrogen and oxygen atoms in total. The molecule has 0 saturated carbocycles. The summed E-state index contributed by atoms with van der Waals surface area (Å²) in [5, 5.41) is 5.85. The zero-order valence-corrected chi connectivity index (χ0v) is 30.7. The first-order chi connectivity index (χ1) is 23.3. The molecule has 0 aliphatic carbocycles. The number of thiazole rings is 1. The Morgan fingerprint density at radius 2 is 1.92 bits per heavy atom. The third kappa shape index (κ3) is 8.65. The minimum atomic E-state index is -0.986. The molecule has 0 N–H and O–H groups in total. The van der Waals surface area contributed by atoms with E-state index in [0.29, 0.717) is 29.0 Å². The van der Waals surface area contributed by atoms with Gasteiger partial charge >= 0.3 is 5.97 Å². The van der Waals surface area contributed by atoms with Crippen molar-refractivity contribution in [2.75, 3.05) is 24.6 Å². The molecule has 1 saturated heterocycles. The Labute approximate surface area is 294 Å². The van der Waals surface area contributed by atoms with E-state index in [2.05, 4.69) is 25.0 Å². The maximum Gasteiger partial charge on any atom is 0.340 e. The van der Waals surface area contributed by atoms with Crippen molar-refractivity contribution in [3.63, 3.8) is 0 Å². The molecule has 49 heavy (non-hydrogen) atoms.